The maximum Gasteiger partial charge on any atom is 0.432 e. The number of ether oxygens (including phenoxy) is 1. The Hall–Kier alpha value is -3.73. The molecule has 3 aromatic rings. The number of nitro groups is 1. The number of anilines is 2. The summed E-state index contributed by atoms with van der Waals surface area (Å²) in [4.78, 5) is 41.1. The van der Waals surface area contributed by atoms with Crippen LogP contribution in [0.15, 0.2) is 23.7 Å². The predicted molar refractivity (Wildman–Crippen MR) is 104 cm³/mol. The minimum atomic E-state index is -4.64. The third kappa shape index (κ3) is 5.75. The van der Waals surface area contributed by atoms with Crippen molar-refractivity contribution in [2.75, 3.05) is 10.6 Å². The van der Waals surface area contributed by atoms with Crippen molar-refractivity contribution >= 4 is 49.9 Å². The highest BCUT2D eigenvalue weighted by Crippen LogP contribution is 2.33. The molecule has 0 fully saturated rings. The SMILES string of the molecule is O=C(Cc1csc(NC(=O)OC(F)(F)c2ccc(F)c(F)c2F)n1)Nc1ncc([N+](=O)[O-])s1. The van der Waals surface area contributed by atoms with Crippen LogP contribution in [0, 0.1) is 27.6 Å². The highest BCUT2D eigenvalue weighted by molar-refractivity contribution is 7.18. The zero-order valence-corrected chi connectivity index (χ0v) is 17.2. The number of amides is 2. The van der Waals surface area contributed by atoms with Crippen molar-refractivity contribution in [2.24, 2.45) is 0 Å². The molecule has 2 aromatic heterocycles. The summed E-state index contributed by atoms with van der Waals surface area (Å²) >= 11 is 1.35. The predicted octanol–water partition coefficient (Wildman–Crippen LogP) is 4.40. The smallest absolute Gasteiger partial charge is 0.380 e. The molecule has 2 amide bonds. The molecule has 0 saturated heterocycles. The van der Waals surface area contributed by atoms with Gasteiger partial charge < -0.3 is 10.1 Å². The number of nitrogens with zero attached hydrogens (tertiary/aromatic N) is 3. The van der Waals surface area contributed by atoms with Gasteiger partial charge in [-0.25, -0.2) is 27.9 Å². The second-order valence-corrected chi connectivity index (χ2v) is 7.75. The molecule has 0 aliphatic rings. The van der Waals surface area contributed by atoms with Crippen LogP contribution in [0.3, 0.4) is 0 Å². The van der Waals surface area contributed by atoms with E-state index in [0.29, 0.717) is 11.3 Å². The maximum atomic E-state index is 14.0. The molecule has 0 atom stereocenters. The van der Waals surface area contributed by atoms with Gasteiger partial charge in [0.2, 0.25) is 5.91 Å². The van der Waals surface area contributed by atoms with E-state index in [-0.39, 0.29) is 39.5 Å². The molecule has 1 aromatic carbocycles. The van der Waals surface area contributed by atoms with Crippen LogP contribution in [0.4, 0.5) is 42.0 Å². The molecule has 2 heterocycles. The van der Waals surface area contributed by atoms with E-state index in [2.05, 4.69) is 20.0 Å². The van der Waals surface area contributed by atoms with Gasteiger partial charge in [0.05, 0.1) is 17.0 Å². The molecule has 0 aliphatic heterocycles. The Morgan fingerprint density at radius 3 is 2.55 bits per heavy atom. The lowest BCUT2D eigenvalue weighted by Gasteiger charge is -2.17. The fraction of sp³-hybridized carbons (Fsp3) is 0.125. The Morgan fingerprint density at radius 1 is 1.15 bits per heavy atom. The first kappa shape index (κ1) is 23.9. The van der Waals surface area contributed by atoms with E-state index in [1.807, 2.05) is 5.32 Å². The van der Waals surface area contributed by atoms with Gasteiger partial charge >= 0.3 is 17.2 Å². The van der Waals surface area contributed by atoms with Crippen molar-refractivity contribution in [3.8, 4) is 0 Å². The van der Waals surface area contributed by atoms with Gasteiger partial charge in [0.1, 0.15) is 11.8 Å². The van der Waals surface area contributed by atoms with Crippen molar-refractivity contribution in [1.29, 1.82) is 0 Å². The second kappa shape index (κ2) is 9.41. The summed E-state index contributed by atoms with van der Waals surface area (Å²) in [5.41, 5.74) is -1.60. The van der Waals surface area contributed by atoms with E-state index in [1.165, 1.54) is 5.38 Å². The minimum absolute atomic E-state index is 0.0319. The van der Waals surface area contributed by atoms with E-state index in [4.69, 9.17) is 0 Å². The quantitative estimate of drug-likeness (QED) is 0.208. The summed E-state index contributed by atoms with van der Waals surface area (Å²) in [5, 5.41) is 15.5. The van der Waals surface area contributed by atoms with Gasteiger partial charge in [-0.2, -0.15) is 8.78 Å². The molecule has 17 heteroatoms. The third-order valence-corrected chi connectivity index (χ3v) is 5.26. The Labute approximate surface area is 187 Å². The van der Waals surface area contributed by atoms with Crippen LogP contribution in [0.25, 0.3) is 0 Å². The number of nitrogens with one attached hydrogen (secondary N) is 2. The summed E-state index contributed by atoms with van der Waals surface area (Å²) in [6, 6.07) is 0.461. The number of thiazole rings is 2. The van der Waals surface area contributed by atoms with Crippen LogP contribution in [0.1, 0.15) is 11.3 Å². The molecule has 0 aliphatic carbocycles. The number of benzene rings is 1. The normalized spacial score (nSPS) is 11.2. The maximum absolute atomic E-state index is 14.0. The summed E-state index contributed by atoms with van der Waals surface area (Å²) < 4.78 is 71.4. The Bertz CT molecular complexity index is 1230. The number of carbonyl (C=O) groups is 2. The van der Waals surface area contributed by atoms with Crippen molar-refractivity contribution in [2.45, 2.75) is 12.5 Å². The van der Waals surface area contributed by atoms with Crippen LogP contribution in [0.5, 0.6) is 0 Å². The van der Waals surface area contributed by atoms with Gasteiger partial charge in [0, 0.05) is 5.38 Å². The number of rotatable bonds is 7. The third-order valence-electron chi connectivity index (χ3n) is 3.59. The van der Waals surface area contributed by atoms with Crippen LogP contribution in [0.2, 0.25) is 0 Å². The van der Waals surface area contributed by atoms with E-state index >= 15 is 0 Å². The minimum Gasteiger partial charge on any atom is -0.380 e. The van der Waals surface area contributed by atoms with E-state index in [0.717, 1.165) is 17.5 Å². The summed E-state index contributed by atoms with van der Waals surface area (Å²) in [5.74, 6) is -6.74. The Morgan fingerprint density at radius 2 is 1.88 bits per heavy atom. The summed E-state index contributed by atoms with van der Waals surface area (Å²) in [6.45, 7) is 0. The Balaban J connectivity index is 1.58. The van der Waals surface area contributed by atoms with Gasteiger partial charge in [-0.15, -0.1) is 11.3 Å². The monoisotopic (exact) mass is 509 g/mol. The molecule has 2 N–H and O–H groups in total. The molecular formula is C16H8F5N5O5S2. The van der Waals surface area contributed by atoms with Gasteiger partial charge in [-0.3, -0.25) is 20.2 Å². The lowest BCUT2D eigenvalue weighted by molar-refractivity contribution is -0.380. The molecule has 0 bridgehead atoms. The van der Waals surface area contributed by atoms with Gasteiger partial charge in [0.15, 0.2) is 27.7 Å². The summed E-state index contributed by atoms with van der Waals surface area (Å²) in [6.07, 6.45) is -5.82. The fourth-order valence-electron chi connectivity index (χ4n) is 2.22. The van der Waals surface area contributed by atoms with Crippen molar-refractivity contribution in [1.82, 2.24) is 9.97 Å². The van der Waals surface area contributed by atoms with Crippen LogP contribution in [-0.2, 0) is 22.1 Å². The van der Waals surface area contributed by atoms with Gasteiger partial charge in [-0.1, -0.05) is 0 Å². The van der Waals surface area contributed by atoms with E-state index in [9.17, 15) is 41.7 Å². The van der Waals surface area contributed by atoms with E-state index in [1.54, 1.807) is 0 Å². The highest BCUT2D eigenvalue weighted by atomic mass is 32.1. The second-order valence-electron chi connectivity index (χ2n) is 5.88. The first-order valence-electron chi connectivity index (χ1n) is 8.32. The molecule has 0 unspecified atom stereocenters. The molecule has 3 rings (SSSR count). The van der Waals surface area contributed by atoms with Gasteiger partial charge in [0.25, 0.3) is 0 Å². The molecule has 0 radical (unpaired) electrons. The number of alkyl halides is 2. The van der Waals surface area contributed by atoms with Crippen LogP contribution in [-0.4, -0.2) is 26.9 Å². The average Bonchev–Trinajstić information content (AvgIpc) is 3.35. The fourth-order valence-corrected chi connectivity index (χ4v) is 3.56. The zero-order valence-electron chi connectivity index (χ0n) is 15.6. The highest BCUT2D eigenvalue weighted by Gasteiger charge is 2.41. The van der Waals surface area contributed by atoms with Crippen LogP contribution < -0.4 is 10.6 Å². The lowest BCUT2D eigenvalue weighted by atomic mass is 10.2. The van der Waals surface area contributed by atoms with Crippen molar-refractivity contribution < 1.29 is 41.2 Å². The first-order chi connectivity index (χ1) is 15.5. The molecule has 33 heavy (non-hydrogen) atoms. The number of hydrogen-bond acceptors (Lipinski definition) is 9. The summed E-state index contributed by atoms with van der Waals surface area (Å²) in [7, 11) is 0. The molecule has 174 valence electrons. The largest absolute Gasteiger partial charge is 0.432 e. The van der Waals surface area contributed by atoms with Crippen molar-refractivity contribution in [3.63, 3.8) is 0 Å². The zero-order chi connectivity index (χ0) is 24.3. The number of hydrogen-bond donors (Lipinski definition) is 2. The number of aromatic nitrogens is 2. The van der Waals surface area contributed by atoms with Gasteiger partial charge in [-0.05, 0) is 23.5 Å². The van der Waals surface area contributed by atoms with Crippen molar-refractivity contribution in [3.05, 3.63) is 62.5 Å². The lowest BCUT2D eigenvalue weighted by Crippen LogP contribution is -2.27. The molecular weight excluding hydrogens is 501 g/mol. The molecule has 10 nitrogen and oxygen atoms in total. The average molecular weight is 509 g/mol. The first-order valence-corrected chi connectivity index (χ1v) is 10.0. The standard InChI is InChI=1S/C16H8F5N5O5S2/c17-8-2-1-7(11(18)12(8)19)16(20,21)31-15(28)25-14-23-6(5-32-14)3-9(27)24-13-22-4-10(33-13)26(29)30/h1-2,4-5H,3H2,(H,22,24,27)(H,23,25,28). The van der Waals surface area contributed by atoms with E-state index < -0.39 is 46.0 Å². The Kier molecular flexibility index (Phi) is 6.82. The topological polar surface area (TPSA) is 136 Å². The number of carbonyl (C=O) groups excluding carboxylic acids is 2. The van der Waals surface area contributed by atoms with Crippen LogP contribution >= 0.6 is 22.7 Å². The molecule has 0 saturated carbocycles. The number of halogens is 5. The molecule has 0 spiro atoms.